The maximum absolute atomic E-state index is 5.48. The Morgan fingerprint density at radius 3 is 2.36 bits per heavy atom. The van der Waals surface area contributed by atoms with Gasteiger partial charge in [0, 0.05) is 42.1 Å². The minimum Gasteiger partial charge on any atom is -0.334 e. The molecule has 0 unspecified atom stereocenters. The van der Waals surface area contributed by atoms with Gasteiger partial charge in [0.1, 0.15) is 0 Å². The van der Waals surface area contributed by atoms with E-state index in [4.69, 9.17) is 4.52 Å². The first-order valence-corrected chi connectivity index (χ1v) is 12.1. The van der Waals surface area contributed by atoms with Crippen molar-refractivity contribution in [1.82, 2.24) is 24.9 Å². The molecular weight excluding hydrogens is 478 g/mol. The summed E-state index contributed by atoms with van der Waals surface area (Å²) in [5.74, 6) is 1.33. The molecule has 7 heteroatoms. The molecule has 0 radical (unpaired) electrons. The minimum absolute atomic E-state index is 0.582. The topological polar surface area (TPSA) is 58.3 Å². The first-order valence-electron chi connectivity index (χ1n) is 11.3. The highest BCUT2D eigenvalue weighted by atomic mass is 79.9. The Labute approximate surface area is 202 Å². The average Bonchev–Trinajstić information content (AvgIpc) is 3.21. The van der Waals surface area contributed by atoms with E-state index in [1.165, 1.54) is 16.7 Å². The number of nitrogens with zero attached hydrogens (tertiary/aromatic N) is 5. The molecule has 0 saturated carbocycles. The second-order valence-electron chi connectivity index (χ2n) is 8.33. The molecule has 0 spiro atoms. The largest absolute Gasteiger partial charge is 0.334 e. The van der Waals surface area contributed by atoms with Crippen molar-refractivity contribution in [3.05, 3.63) is 88.9 Å². The second-order valence-corrected chi connectivity index (χ2v) is 9.24. The Bertz CT molecular complexity index is 1180. The molecule has 33 heavy (non-hydrogen) atoms. The Morgan fingerprint density at radius 1 is 0.818 bits per heavy atom. The number of benzene rings is 2. The quantitative estimate of drug-likeness (QED) is 0.357. The molecule has 1 aliphatic rings. The van der Waals surface area contributed by atoms with Crippen molar-refractivity contribution in [2.75, 3.05) is 26.2 Å². The summed E-state index contributed by atoms with van der Waals surface area (Å²) in [5.41, 5.74) is 4.69. The second kappa shape index (κ2) is 10.4. The van der Waals surface area contributed by atoms with Crippen molar-refractivity contribution in [1.29, 1.82) is 0 Å². The van der Waals surface area contributed by atoms with E-state index in [0.29, 0.717) is 12.4 Å². The van der Waals surface area contributed by atoms with Gasteiger partial charge in [-0.2, -0.15) is 4.98 Å². The summed E-state index contributed by atoms with van der Waals surface area (Å²) in [6.07, 6.45) is 4.99. The maximum Gasteiger partial charge on any atom is 0.257 e. The lowest BCUT2D eigenvalue weighted by Gasteiger charge is -2.22. The van der Waals surface area contributed by atoms with Gasteiger partial charge in [0.05, 0.1) is 6.54 Å². The molecule has 168 valence electrons. The van der Waals surface area contributed by atoms with Gasteiger partial charge in [-0.1, -0.05) is 51.4 Å². The lowest BCUT2D eigenvalue weighted by Crippen LogP contribution is -2.30. The molecule has 1 aliphatic heterocycles. The van der Waals surface area contributed by atoms with E-state index in [-0.39, 0.29) is 0 Å². The summed E-state index contributed by atoms with van der Waals surface area (Å²) in [7, 11) is 0. The smallest absolute Gasteiger partial charge is 0.257 e. The molecule has 1 fully saturated rings. The normalized spacial score (nSPS) is 15.4. The van der Waals surface area contributed by atoms with Crippen molar-refractivity contribution in [2.45, 2.75) is 19.5 Å². The standard InChI is InChI=1S/C26H26BrN5O/c27-23-9-7-20(8-10-23)24-11-12-28-17-22(24)18-31-13-4-14-32(16-15-31)19-25-29-26(33-30-25)21-5-2-1-3-6-21/h1-3,5-12,17H,4,13-16,18-19H2. The van der Waals surface area contributed by atoms with Gasteiger partial charge < -0.3 is 4.52 Å². The Morgan fingerprint density at radius 2 is 1.58 bits per heavy atom. The van der Waals surface area contributed by atoms with Gasteiger partial charge >= 0.3 is 0 Å². The number of pyridine rings is 1. The summed E-state index contributed by atoms with van der Waals surface area (Å²) >= 11 is 3.53. The molecule has 5 rings (SSSR count). The third-order valence-electron chi connectivity index (χ3n) is 5.99. The van der Waals surface area contributed by atoms with Gasteiger partial charge in [0.25, 0.3) is 5.89 Å². The van der Waals surface area contributed by atoms with E-state index in [0.717, 1.165) is 55.0 Å². The lowest BCUT2D eigenvalue weighted by molar-refractivity contribution is 0.241. The van der Waals surface area contributed by atoms with Gasteiger partial charge in [-0.15, -0.1) is 0 Å². The van der Waals surface area contributed by atoms with Gasteiger partial charge in [-0.3, -0.25) is 14.8 Å². The van der Waals surface area contributed by atoms with E-state index in [9.17, 15) is 0 Å². The molecule has 2 aromatic heterocycles. The van der Waals surface area contributed by atoms with Gasteiger partial charge in [0.15, 0.2) is 5.82 Å². The van der Waals surface area contributed by atoms with Crippen LogP contribution in [0, 0.1) is 0 Å². The highest BCUT2D eigenvalue weighted by molar-refractivity contribution is 9.10. The SMILES string of the molecule is Brc1ccc(-c2ccncc2CN2CCCN(Cc3noc(-c4ccccc4)n3)CC2)cc1. The van der Waals surface area contributed by atoms with Gasteiger partial charge in [-0.05, 0) is 66.5 Å². The third-order valence-corrected chi connectivity index (χ3v) is 6.52. The van der Waals surface area contributed by atoms with E-state index in [2.05, 4.69) is 71.2 Å². The first kappa shape index (κ1) is 21.9. The van der Waals surface area contributed by atoms with Crippen molar-refractivity contribution in [2.24, 2.45) is 0 Å². The third kappa shape index (κ3) is 5.55. The Balaban J connectivity index is 1.21. The molecule has 0 N–H and O–H groups in total. The van der Waals surface area contributed by atoms with Gasteiger partial charge in [-0.25, -0.2) is 0 Å². The fourth-order valence-corrected chi connectivity index (χ4v) is 4.53. The summed E-state index contributed by atoms with van der Waals surface area (Å²) in [5, 5.41) is 4.20. The van der Waals surface area contributed by atoms with Crippen molar-refractivity contribution < 1.29 is 4.52 Å². The zero-order valence-electron chi connectivity index (χ0n) is 18.4. The van der Waals surface area contributed by atoms with Crippen LogP contribution in [0.4, 0.5) is 0 Å². The Kier molecular flexibility index (Phi) is 6.90. The predicted molar refractivity (Wildman–Crippen MR) is 132 cm³/mol. The fraction of sp³-hybridized carbons (Fsp3) is 0.269. The molecule has 3 heterocycles. The maximum atomic E-state index is 5.48. The predicted octanol–water partition coefficient (Wildman–Crippen LogP) is 5.27. The summed E-state index contributed by atoms with van der Waals surface area (Å²) in [6.45, 7) is 5.67. The van der Waals surface area contributed by atoms with E-state index >= 15 is 0 Å². The highest BCUT2D eigenvalue weighted by Crippen LogP contribution is 2.26. The zero-order chi connectivity index (χ0) is 22.5. The van der Waals surface area contributed by atoms with Crippen LogP contribution in [-0.4, -0.2) is 51.1 Å². The number of halogens is 1. The molecule has 1 saturated heterocycles. The first-order chi connectivity index (χ1) is 16.2. The lowest BCUT2D eigenvalue weighted by atomic mass is 10.0. The minimum atomic E-state index is 0.582. The molecule has 6 nitrogen and oxygen atoms in total. The zero-order valence-corrected chi connectivity index (χ0v) is 20.0. The van der Waals surface area contributed by atoms with Crippen LogP contribution in [0.2, 0.25) is 0 Å². The number of aromatic nitrogens is 3. The number of rotatable bonds is 6. The van der Waals surface area contributed by atoms with Crippen LogP contribution in [0.15, 0.2) is 82.1 Å². The van der Waals surface area contributed by atoms with Crippen LogP contribution in [-0.2, 0) is 13.1 Å². The van der Waals surface area contributed by atoms with Crippen LogP contribution in [0.25, 0.3) is 22.6 Å². The average molecular weight is 504 g/mol. The molecule has 0 atom stereocenters. The number of hydrogen-bond acceptors (Lipinski definition) is 6. The van der Waals surface area contributed by atoms with Crippen LogP contribution in [0.5, 0.6) is 0 Å². The van der Waals surface area contributed by atoms with Crippen LogP contribution in [0.1, 0.15) is 17.8 Å². The summed E-state index contributed by atoms with van der Waals surface area (Å²) in [6, 6.07) is 20.5. The van der Waals surface area contributed by atoms with Crippen molar-refractivity contribution in [3.8, 4) is 22.6 Å². The van der Waals surface area contributed by atoms with Crippen LogP contribution < -0.4 is 0 Å². The number of hydrogen-bond donors (Lipinski definition) is 0. The Hall–Kier alpha value is -2.87. The molecule has 4 aromatic rings. The van der Waals surface area contributed by atoms with Crippen molar-refractivity contribution >= 4 is 15.9 Å². The van der Waals surface area contributed by atoms with E-state index in [1.807, 2.05) is 42.7 Å². The highest BCUT2D eigenvalue weighted by Gasteiger charge is 2.19. The van der Waals surface area contributed by atoms with Crippen LogP contribution >= 0.6 is 15.9 Å². The van der Waals surface area contributed by atoms with Crippen LogP contribution in [0.3, 0.4) is 0 Å². The molecular formula is C26H26BrN5O. The van der Waals surface area contributed by atoms with Crippen molar-refractivity contribution in [3.63, 3.8) is 0 Å². The molecule has 0 bridgehead atoms. The monoisotopic (exact) mass is 503 g/mol. The summed E-state index contributed by atoms with van der Waals surface area (Å²) < 4.78 is 6.57. The van der Waals surface area contributed by atoms with E-state index < -0.39 is 0 Å². The molecule has 0 amide bonds. The molecule has 0 aliphatic carbocycles. The van der Waals surface area contributed by atoms with Gasteiger partial charge in [0.2, 0.25) is 0 Å². The fourth-order valence-electron chi connectivity index (χ4n) is 4.26. The van der Waals surface area contributed by atoms with E-state index in [1.54, 1.807) is 0 Å². The molecule has 2 aromatic carbocycles. The summed E-state index contributed by atoms with van der Waals surface area (Å²) in [4.78, 5) is 13.9.